The normalized spacial score (nSPS) is 10.3. The Morgan fingerprint density at radius 2 is 1.95 bits per heavy atom. The first-order valence-electron chi connectivity index (χ1n) is 5.60. The van der Waals surface area contributed by atoms with Gasteiger partial charge in [-0.25, -0.2) is 0 Å². The number of amides is 1. The molecular formula is C13H10F2N2O3. The van der Waals surface area contributed by atoms with Crippen LogP contribution in [-0.4, -0.2) is 17.5 Å². The molecule has 2 aromatic rings. The van der Waals surface area contributed by atoms with Crippen LogP contribution in [0.5, 0.6) is 5.75 Å². The van der Waals surface area contributed by atoms with Gasteiger partial charge in [-0.05, 0) is 18.2 Å². The zero-order valence-corrected chi connectivity index (χ0v) is 10.1. The number of rotatable bonds is 4. The highest BCUT2D eigenvalue weighted by Crippen LogP contribution is 2.25. The molecule has 0 aliphatic heterocycles. The number of anilines is 1. The maximum atomic E-state index is 12.2. The van der Waals surface area contributed by atoms with E-state index in [2.05, 4.69) is 15.0 Å². The number of carbonyl (C=O) groups is 1. The molecule has 0 radical (unpaired) electrons. The van der Waals surface area contributed by atoms with E-state index in [1.165, 1.54) is 36.5 Å². The lowest BCUT2D eigenvalue weighted by Gasteiger charge is -2.11. The Labute approximate surface area is 112 Å². The topological polar surface area (TPSA) is 71.2 Å². The summed E-state index contributed by atoms with van der Waals surface area (Å²) in [4.78, 5) is 25.1. The number of aromatic nitrogens is 1. The molecule has 0 aliphatic carbocycles. The van der Waals surface area contributed by atoms with Crippen molar-refractivity contribution in [3.8, 4) is 5.75 Å². The van der Waals surface area contributed by atoms with Crippen LogP contribution >= 0.6 is 0 Å². The Kier molecular flexibility index (Phi) is 4.09. The second-order valence-corrected chi connectivity index (χ2v) is 3.77. The summed E-state index contributed by atoms with van der Waals surface area (Å²) >= 11 is 0. The van der Waals surface area contributed by atoms with Gasteiger partial charge >= 0.3 is 6.61 Å². The van der Waals surface area contributed by atoms with Gasteiger partial charge in [-0.3, -0.25) is 9.59 Å². The summed E-state index contributed by atoms with van der Waals surface area (Å²) in [5.41, 5.74) is -0.0385. The van der Waals surface area contributed by atoms with Gasteiger partial charge in [-0.2, -0.15) is 8.78 Å². The molecule has 20 heavy (non-hydrogen) atoms. The Balaban J connectivity index is 2.19. The quantitative estimate of drug-likeness (QED) is 0.902. The number of hydrogen-bond donors (Lipinski definition) is 2. The molecule has 0 saturated carbocycles. The van der Waals surface area contributed by atoms with Crippen molar-refractivity contribution in [2.45, 2.75) is 6.61 Å². The minimum atomic E-state index is -2.99. The summed E-state index contributed by atoms with van der Waals surface area (Å²) in [6.07, 6.45) is 1.23. The van der Waals surface area contributed by atoms with Gasteiger partial charge < -0.3 is 15.0 Å². The van der Waals surface area contributed by atoms with Gasteiger partial charge in [0.1, 0.15) is 5.75 Å². The van der Waals surface area contributed by atoms with Crippen LogP contribution in [0.4, 0.5) is 14.5 Å². The number of halogens is 2. The molecule has 0 fully saturated rings. The van der Waals surface area contributed by atoms with Crippen molar-refractivity contribution in [1.29, 1.82) is 0 Å². The van der Waals surface area contributed by atoms with Crippen molar-refractivity contribution in [1.82, 2.24) is 4.98 Å². The number of para-hydroxylation sites is 2. The highest BCUT2D eigenvalue weighted by atomic mass is 19.3. The van der Waals surface area contributed by atoms with Crippen molar-refractivity contribution < 1.29 is 18.3 Å². The molecule has 2 rings (SSSR count). The first kappa shape index (κ1) is 13.7. The molecule has 104 valence electrons. The molecule has 1 aromatic carbocycles. The molecule has 1 aromatic heterocycles. The average molecular weight is 280 g/mol. The van der Waals surface area contributed by atoms with Crippen LogP contribution in [0.15, 0.2) is 47.4 Å². The third-order valence-electron chi connectivity index (χ3n) is 2.40. The van der Waals surface area contributed by atoms with E-state index in [1.54, 1.807) is 6.07 Å². The predicted molar refractivity (Wildman–Crippen MR) is 68.1 cm³/mol. The molecule has 0 atom stereocenters. The number of hydrogen-bond acceptors (Lipinski definition) is 3. The minimum Gasteiger partial charge on any atom is -0.433 e. The summed E-state index contributed by atoms with van der Waals surface area (Å²) in [7, 11) is 0. The lowest BCUT2D eigenvalue weighted by atomic mass is 10.2. The largest absolute Gasteiger partial charge is 0.433 e. The van der Waals surface area contributed by atoms with Crippen molar-refractivity contribution in [3.05, 3.63) is 58.5 Å². The summed E-state index contributed by atoms with van der Waals surface area (Å²) in [6.45, 7) is -2.99. The third kappa shape index (κ3) is 3.41. The highest BCUT2D eigenvalue weighted by Gasteiger charge is 2.12. The monoisotopic (exact) mass is 280 g/mol. The number of alkyl halides is 2. The zero-order valence-electron chi connectivity index (χ0n) is 10.1. The second-order valence-electron chi connectivity index (χ2n) is 3.77. The number of carbonyl (C=O) groups excluding carboxylic acids is 1. The Hall–Kier alpha value is -2.70. The predicted octanol–water partition coefficient (Wildman–Crippen LogP) is 2.23. The summed E-state index contributed by atoms with van der Waals surface area (Å²) in [6, 6.07) is 8.34. The van der Waals surface area contributed by atoms with E-state index >= 15 is 0 Å². The maximum absolute atomic E-state index is 12.2. The van der Waals surface area contributed by atoms with E-state index in [4.69, 9.17) is 0 Å². The standard InChI is InChI=1S/C13H10F2N2O3/c14-13(15)20-10-4-2-1-3-9(10)17-12(19)8-5-6-11(18)16-7-8/h1-7,13H,(H,16,18)(H,17,19). The first-order valence-corrected chi connectivity index (χ1v) is 5.60. The summed E-state index contributed by atoms with van der Waals surface area (Å²) in [5.74, 6) is -0.688. The highest BCUT2D eigenvalue weighted by molar-refractivity contribution is 6.04. The van der Waals surface area contributed by atoms with Gasteiger partial charge in [0.05, 0.1) is 11.3 Å². The van der Waals surface area contributed by atoms with Crippen molar-refractivity contribution >= 4 is 11.6 Å². The Bertz CT molecular complexity index is 650. The number of H-pyrrole nitrogens is 1. The molecule has 5 nitrogen and oxygen atoms in total. The molecule has 7 heteroatoms. The van der Waals surface area contributed by atoms with Crippen LogP contribution in [0.2, 0.25) is 0 Å². The van der Waals surface area contributed by atoms with Gasteiger partial charge in [-0.15, -0.1) is 0 Å². The van der Waals surface area contributed by atoms with Gasteiger partial charge in [0.2, 0.25) is 5.56 Å². The number of benzene rings is 1. The second kappa shape index (κ2) is 5.96. The van der Waals surface area contributed by atoms with E-state index in [0.717, 1.165) is 0 Å². The molecule has 2 N–H and O–H groups in total. The molecule has 0 aliphatic rings. The van der Waals surface area contributed by atoms with E-state index < -0.39 is 12.5 Å². The molecule has 1 amide bonds. The van der Waals surface area contributed by atoms with E-state index in [-0.39, 0.29) is 22.6 Å². The van der Waals surface area contributed by atoms with Crippen LogP contribution in [0.1, 0.15) is 10.4 Å². The van der Waals surface area contributed by atoms with E-state index in [1.807, 2.05) is 0 Å². The maximum Gasteiger partial charge on any atom is 0.387 e. The lowest BCUT2D eigenvalue weighted by molar-refractivity contribution is -0.0493. The smallest absolute Gasteiger partial charge is 0.387 e. The number of aromatic amines is 1. The fourth-order valence-corrected chi connectivity index (χ4v) is 1.51. The summed E-state index contributed by atoms with van der Waals surface area (Å²) < 4.78 is 28.8. The zero-order chi connectivity index (χ0) is 14.5. The molecule has 0 bridgehead atoms. The van der Waals surface area contributed by atoms with Gasteiger partial charge in [0.15, 0.2) is 0 Å². The third-order valence-corrected chi connectivity index (χ3v) is 2.40. The fourth-order valence-electron chi connectivity index (χ4n) is 1.51. The number of ether oxygens (including phenoxy) is 1. The van der Waals surface area contributed by atoms with Crippen LogP contribution in [-0.2, 0) is 0 Å². The van der Waals surface area contributed by atoms with Crippen LogP contribution in [0.25, 0.3) is 0 Å². The molecule has 0 unspecified atom stereocenters. The SMILES string of the molecule is O=C(Nc1ccccc1OC(F)F)c1ccc(=O)[nH]c1. The number of pyridine rings is 1. The van der Waals surface area contributed by atoms with Crippen molar-refractivity contribution in [2.75, 3.05) is 5.32 Å². The average Bonchev–Trinajstić information content (AvgIpc) is 2.41. The van der Waals surface area contributed by atoms with Gasteiger partial charge in [0, 0.05) is 12.3 Å². The number of nitrogens with one attached hydrogen (secondary N) is 2. The fraction of sp³-hybridized carbons (Fsp3) is 0.0769. The lowest BCUT2D eigenvalue weighted by Crippen LogP contribution is -2.15. The van der Waals surface area contributed by atoms with Crippen LogP contribution in [0.3, 0.4) is 0 Å². The van der Waals surface area contributed by atoms with Crippen LogP contribution < -0.4 is 15.6 Å². The Morgan fingerprint density at radius 3 is 2.60 bits per heavy atom. The molecule has 0 saturated heterocycles. The molecule has 0 spiro atoms. The van der Waals surface area contributed by atoms with E-state index in [0.29, 0.717) is 0 Å². The molecular weight excluding hydrogens is 270 g/mol. The minimum absolute atomic E-state index is 0.115. The van der Waals surface area contributed by atoms with Gasteiger partial charge in [0.25, 0.3) is 5.91 Å². The van der Waals surface area contributed by atoms with Crippen molar-refractivity contribution in [3.63, 3.8) is 0 Å². The summed E-state index contributed by atoms with van der Waals surface area (Å²) in [5, 5.41) is 2.43. The van der Waals surface area contributed by atoms with E-state index in [9.17, 15) is 18.4 Å². The van der Waals surface area contributed by atoms with Crippen LogP contribution in [0, 0.1) is 0 Å². The van der Waals surface area contributed by atoms with Crippen molar-refractivity contribution in [2.24, 2.45) is 0 Å². The molecule has 1 heterocycles. The van der Waals surface area contributed by atoms with Gasteiger partial charge in [-0.1, -0.05) is 12.1 Å². The first-order chi connectivity index (χ1) is 9.56. The Morgan fingerprint density at radius 1 is 1.20 bits per heavy atom.